The van der Waals surface area contributed by atoms with Crippen molar-refractivity contribution in [1.82, 2.24) is 20.4 Å². The fourth-order valence-electron chi connectivity index (χ4n) is 2.46. The van der Waals surface area contributed by atoms with Crippen LogP contribution in [0.25, 0.3) is 0 Å². The summed E-state index contributed by atoms with van der Waals surface area (Å²) < 4.78 is 37.5. The van der Waals surface area contributed by atoms with Gasteiger partial charge in [-0.1, -0.05) is 0 Å². The zero-order valence-corrected chi connectivity index (χ0v) is 12.9. The van der Waals surface area contributed by atoms with Crippen LogP contribution in [-0.2, 0) is 11.0 Å². The number of anilines is 1. The Balaban J connectivity index is 1.94. The van der Waals surface area contributed by atoms with Crippen LogP contribution in [0.1, 0.15) is 19.0 Å². The second-order valence-corrected chi connectivity index (χ2v) is 5.34. The number of nitrogens with one attached hydrogen (secondary N) is 1. The Morgan fingerprint density at radius 1 is 1.22 bits per heavy atom. The van der Waals surface area contributed by atoms with Gasteiger partial charge in [0.2, 0.25) is 5.91 Å². The quantitative estimate of drug-likeness (QED) is 0.897. The summed E-state index contributed by atoms with van der Waals surface area (Å²) in [5, 5.41) is 9.69. The summed E-state index contributed by atoms with van der Waals surface area (Å²) in [7, 11) is 0. The van der Waals surface area contributed by atoms with Crippen LogP contribution in [0.15, 0.2) is 12.1 Å². The van der Waals surface area contributed by atoms with Crippen molar-refractivity contribution in [3.63, 3.8) is 0 Å². The van der Waals surface area contributed by atoms with Crippen LogP contribution in [-0.4, -0.2) is 60.3 Å². The number of hydrogen-bond donors (Lipinski definition) is 1. The van der Waals surface area contributed by atoms with Crippen LogP contribution in [0.4, 0.5) is 19.0 Å². The van der Waals surface area contributed by atoms with Crippen molar-refractivity contribution in [1.29, 1.82) is 0 Å². The van der Waals surface area contributed by atoms with Crippen molar-refractivity contribution in [2.75, 3.05) is 44.2 Å². The molecule has 2 rings (SSSR count). The third-order valence-corrected chi connectivity index (χ3v) is 3.59. The Morgan fingerprint density at radius 2 is 2.00 bits per heavy atom. The number of halogens is 3. The minimum absolute atomic E-state index is 0.0183. The van der Waals surface area contributed by atoms with E-state index in [1.54, 1.807) is 0 Å². The molecule has 128 valence electrons. The number of amides is 1. The van der Waals surface area contributed by atoms with Crippen LogP contribution in [0.5, 0.6) is 0 Å². The highest BCUT2D eigenvalue weighted by atomic mass is 19.4. The first-order valence-electron chi connectivity index (χ1n) is 7.55. The maximum atomic E-state index is 12.5. The van der Waals surface area contributed by atoms with Gasteiger partial charge in [-0.2, -0.15) is 13.2 Å². The highest BCUT2D eigenvalue weighted by molar-refractivity contribution is 5.77. The predicted octanol–water partition coefficient (Wildman–Crippen LogP) is 1.14. The molecule has 0 unspecified atom stereocenters. The van der Waals surface area contributed by atoms with E-state index in [0.717, 1.165) is 19.0 Å². The largest absolute Gasteiger partial charge is 0.435 e. The molecule has 0 aliphatic carbocycles. The van der Waals surface area contributed by atoms with Crippen LogP contribution in [0.3, 0.4) is 0 Å². The highest BCUT2D eigenvalue weighted by Gasteiger charge is 2.33. The number of likely N-dealkylation sites (N-methyl/N-ethyl adjacent to an activating group) is 1. The van der Waals surface area contributed by atoms with Gasteiger partial charge in [-0.05, 0) is 25.5 Å². The Kier molecular flexibility index (Phi) is 5.75. The van der Waals surface area contributed by atoms with Crippen molar-refractivity contribution in [2.45, 2.75) is 19.5 Å². The van der Waals surface area contributed by atoms with Gasteiger partial charge >= 0.3 is 6.18 Å². The molecule has 2 heterocycles. The van der Waals surface area contributed by atoms with Crippen molar-refractivity contribution >= 4 is 11.7 Å². The first-order chi connectivity index (χ1) is 10.9. The minimum atomic E-state index is -4.48. The second-order valence-electron chi connectivity index (χ2n) is 5.34. The molecule has 1 amide bonds. The maximum Gasteiger partial charge on any atom is 0.435 e. The molecule has 23 heavy (non-hydrogen) atoms. The van der Waals surface area contributed by atoms with Gasteiger partial charge in [0, 0.05) is 32.7 Å². The van der Waals surface area contributed by atoms with E-state index < -0.39 is 11.9 Å². The van der Waals surface area contributed by atoms with Crippen molar-refractivity contribution in [2.24, 2.45) is 0 Å². The van der Waals surface area contributed by atoms with Crippen molar-refractivity contribution < 1.29 is 18.0 Å². The van der Waals surface area contributed by atoms with E-state index in [9.17, 15) is 18.0 Å². The minimum Gasteiger partial charge on any atom is -0.355 e. The molecule has 1 saturated heterocycles. The molecule has 1 aliphatic heterocycles. The summed E-state index contributed by atoms with van der Waals surface area (Å²) in [6.07, 6.45) is -3.67. The molecule has 6 nitrogen and oxygen atoms in total. The van der Waals surface area contributed by atoms with E-state index in [0.29, 0.717) is 38.5 Å². The standard InChI is InChI=1S/C14H20F3N5O/c1-2-18-13(23)10-21-6-3-7-22(9-8-21)12-5-4-11(19-20-12)14(15,16)17/h4-5H,2-3,6-10H2,1H3,(H,18,23). The third-order valence-electron chi connectivity index (χ3n) is 3.59. The van der Waals surface area contributed by atoms with Crippen LogP contribution >= 0.6 is 0 Å². The molecule has 9 heteroatoms. The lowest BCUT2D eigenvalue weighted by molar-refractivity contribution is -0.141. The molecule has 0 bridgehead atoms. The maximum absolute atomic E-state index is 12.5. The SMILES string of the molecule is CCNC(=O)CN1CCCN(c2ccc(C(F)(F)F)nn2)CC1. The summed E-state index contributed by atoms with van der Waals surface area (Å²) in [5.74, 6) is 0.410. The average molecular weight is 331 g/mol. The van der Waals surface area contributed by atoms with Gasteiger partial charge in [0.05, 0.1) is 6.54 Å². The first kappa shape index (κ1) is 17.5. The molecule has 1 fully saturated rings. The molecular weight excluding hydrogens is 311 g/mol. The molecule has 0 atom stereocenters. The van der Waals surface area contributed by atoms with E-state index in [4.69, 9.17) is 0 Å². The molecular formula is C14H20F3N5O. The topological polar surface area (TPSA) is 61.4 Å². The number of nitrogens with zero attached hydrogens (tertiary/aromatic N) is 4. The van der Waals surface area contributed by atoms with Crippen LogP contribution < -0.4 is 10.2 Å². The summed E-state index contributed by atoms with van der Waals surface area (Å²) >= 11 is 0. The zero-order chi connectivity index (χ0) is 16.9. The molecule has 0 radical (unpaired) electrons. The second kappa shape index (κ2) is 7.58. The molecule has 0 saturated carbocycles. The number of hydrogen-bond acceptors (Lipinski definition) is 5. The van der Waals surface area contributed by atoms with Gasteiger partial charge in [-0.15, -0.1) is 10.2 Å². The summed E-state index contributed by atoms with van der Waals surface area (Å²) in [6.45, 7) is 5.48. The summed E-state index contributed by atoms with van der Waals surface area (Å²) in [6, 6.07) is 2.29. The summed E-state index contributed by atoms with van der Waals surface area (Å²) in [5.41, 5.74) is -0.992. The van der Waals surface area contributed by atoms with Crippen molar-refractivity contribution in [3.05, 3.63) is 17.8 Å². The Labute approximate surface area is 132 Å². The van der Waals surface area contributed by atoms with E-state index in [1.807, 2.05) is 16.7 Å². The number of alkyl halides is 3. The average Bonchev–Trinajstić information content (AvgIpc) is 2.72. The van der Waals surface area contributed by atoms with Gasteiger partial charge in [-0.3, -0.25) is 9.69 Å². The Hall–Kier alpha value is -1.90. The summed E-state index contributed by atoms with van der Waals surface area (Å²) in [4.78, 5) is 15.5. The lowest BCUT2D eigenvalue weighted by atomic mass is 10.3. The molecule has 0 spiro atoms. The van der Waals surface area contributed by atoms with E-state index in [1.165, 1.54) is 6.07 Å². The zero-order valence-electron chi connectivity index (χ0n) is 12.9. The number of aromatic nitrogens is 2. The molecule has 1 aliphatic rings. The van der Waals surface area contributed by atoms with E-state index in [2.05, 4.69) is 15.5 Å². The Bertz CT molecular complexity index is 520. The monoisotopic (exact) mass is 331 g/mol. The van der Waals surface area contributed by atoms with Gasteiger partial charge in [0.25, 0.3) is 0 Å². The first-order valence-corrected chi connectivity index (χ1v) is 7.55. The normalized spacial score (nSPS) is 17.0. The fraction of sp³-hybridized carbons (Fsp3) is 0.643. The van der Waals surface area contributed by atoms with Gasteiger partial charge in [0.15, 0.2) is 11.5 Å². The third kappa shape index (κ3) is 5.05. The number of carbonyl (C=O) groups is 1. The smallest absolute Gasteiger partial charge is 0.355 e. The highest BCUT2D eigenvalue weighted by Crippen LogP contribution is 2.27. The van der Waals surface area contributed by atoms with Crippen molar-refractivity contribution in [3.8, 4) is 0 Å². The number of rotatable bonds is 4. The lowest BCUT2D eigenvalue weighted by Gasteiger charge is -2.22. The van der Waals surface area contributed by atoms with E-state index >= 15 is 0 Å². The molecule has 0 aromatic carbocycles. The lowest BCUT2D eigenvalue weighted by Crippen LogP contribution is -2.39. The predicted molar refractivity (Wildman–Crippen MR) is 79.0 cm³/mol. The van der Waals surface area contributed by atoms with Gasteiger partial charge in [-0.25, -0.2) is 0 Å². The van der Waals surface area contributed by atoms with Crippen LogP contribution in [0.2, 0.25) is 0 Å². The fourth-order valence-corrected chi connectivity index (χ4v) is 2.46. The van der Waals surface area contributed by atoms with E-state index in [-0.39, 0.29) is 5.91 Å². The number of carbonyl (C=O) groups excluding carboxylic acids is 1. The van der Waals surface area contributed by atoms with Gasteiger partial charge < -0.3 is 10.2 Å². The van der Waals surface area contributed by atoms with Gasteiger partial charge in [0.1, 0.15) is 0 Å². The van der Waals surface area contributed by atoms with Crippen LogP contribution in [0, 0.1) is 0 Å². The Morgan fingerprint density at radius 3 is 2.61 bits per heavy atom. The molecule has 1 N–H and O–H groups in total. The molecule has 1 aromatic rings. The molecule has 1 aromatic heterocycles.